The van der Waals surface area contributed by atoms with Gasteiger partial charge in [-0.25, -0.2) is 4.98 Å². The molecule has 2 rings (SSSR count). The average Bonchev–Trinajstić information content (AvgIpc) is 3.62. The summed E-state index contributed by atoms with van der Waals surface area (Å²) >= 11 is 1.40. The number of nitriles is 1. The second-order valence-electron chi connectivity index (χ2n) is 9.75. The molecule has 5 nitrogen and oxygen atoms in total. The molecule has 235 valence electrons. The van der Waals surface area contributed by atoms with E-state index < -0.39 is 0 Å². The van der Waals surface area contributed by atoms with Crippen molar-refractivity contribution in [2.45, 2.75) is 114 Å². The monoisotopic (exact) mass is 604 g/mol. The van der Waals surface area contributed by atoms with E-state index in [4.69, 9.17) is 5.26 Å². The van der Waals surface area contributed by atoms with Gasteiger partial charge in [0.15, 0.2) is 11.6 Å². The van der Waals surface area contributed by atoms with Gasteiger partial charge in [0.05, 0.1) is 17.3 Å². The molecule has 0 saturated heterocycles. The Labute approximate surface area is 267 Å². The zero-order chi connectivity index (χ0) is 33.2. The third kappa shape index (κ3) is 16.8. The summed E-state index contributed by atoms with van der Waals surface area (Å²) in [5.74, 6) is 0.0928. The first-order chi connectivity index (χ1) is 20.6. The van der Waals surface area contributed by atoms with E-state index >= 15 is 0 Å². The predicted octanol–water partition coefficient (Wildman–Crippen LogP) is 10.9. The molecule has 2 heterocycles. The molecule has 0 amide bonds. The lowest BCUT2D eigenvalue weighted by Gasteiger charge is -2.02. The van der Waals surface area contributed by atoms with Crippen molar-refractivity contribution in [1.29, 1.82) is 5.26 Å². The topological polar surface area (TPSA) is 86.6 Å². The maximum Gasteiger partial charge on any atom is 0.162 e. The van der Waals surface area contributed by atoms with E-state index in [2.05, 4.69) is 57.6 Å². The van der Waals surface area contributed by atoms with Gasteiger partial charge in [-0.05, 0) is 39.7 Å². The maximum absolute atomic E-state index is 12.3. The molecular weight excluding hydrogens is 549 g/mol. The summed E-state index contributed by atoms with van der Waals surface area (Å²) in [6, 6.07) is 2.28. The van der Waals surface area contributed by atoms with Crippen molar-refractivity contribution in [1.82, 2.24) is 9.97 Å². The summed E-state index contributed by atoms with van der Waals surface area (Å²) in [5, 5.41) is 11.1. The Bertz CT molecular complexity index is 1210. The molecule has 0 aliphatic carbocycles. The smallest absolute Gasteiger partial charge is 0.162 e. The quantitative estimate of drug-likeness (QED) is 0.101. The second-order valence-corrected chi connectivity index (χ2v) is 10.6. The van der Waals surface area contributed by atoms with Crippen LogP contribution in [0.4, 0.5) is 0 Å². The number of aromatic nitrogens is 2. The van der Waals surface area contributed by atoms with Crippen LogP contribution in [0.2, 0.25) is 12.6 Å². The van der Waals surface area contributed by atoms with Gasteiger partial charge in [-0.2, -0.15) is 5.26 Å². The summed E-state index contributed by atoms with van der Waals surface area (Å²) in [5.41, 5.74) is 4.85. The lowest BCUT2D eigenvalue weighted by molar-refractivity contribution is -0.113. The van der Waals surface area contributed by atoms with Crippen LogP contribution < -0.4 is 0 Å². The lowest BCUT2D eigenvalue weighted by atomic mass is 9.66. The highest BCUT2D eigenvalue weighted by atomic mass is 32.1. The minimum Gasteiger partial charge on any atom is -0.364 e. The van der Waals surface area contributed by atoms with Crippen LogP contribution >= 0.6 is 11.3 Å². The summed E-state index contributed by atoms with van der Waals surface area (Å²) < 4.78 is 0. The van der Waals surface area contributed by atoms with E-state index in [1.54, 1.807) is 12.2 Å². The van der Waals surface area contributed by atoms with Gasteiger partial charge in [-0.3, -0.25) is 9.59 Å². The van der Waals surface area contributed by atoms with E-state index in [-0.39, 0.29) is 17.5 Å². The molecule has 0 aliphatic heterocycles. The van der Waals surface area contributed by atoms with Gasteiger partial charge in [0.2, 0.25) is 0 Å². The van der Waals surface area contributed by atoms with Crippen molar-refractivity contribution in [3.63, 3.8) is 0 Å². The molecule has 1 N–H and O–H groups in total. The fourth-order valence-electron chi connectivity index (χ4n) is 3.56. The number of thiazole rings is 1. The third-order valence-corrected chi connectivity index (χ3v) is 6.77. The molecule has 1 unspecified atom stereocenters. The maximum atomic E-state index is 12.3. The first-order valence-corrected chi connectivity index (χ1v) is 16.6. The normalized spacial score (nSPS) is 11.6. The van der Waals surface area contributed by atoms with E-state index in [1.165, 1.54) is 38.0 Å². The van der Waals surface area contributed by atoms with Crippen LogP contribution in [0.1, 0.15) is 111 Å². The number of allylic oxidation sites excluding steroid dienone is 6. The van der Waals surface area contributed by atoms with Crippen molar-refractivity contribution in [2.24, 2.45) is 5.92 Å². The molecule has 1 radical (unpaired) electrons. The number of carbonyl (C=O) groups excluding carboxylic acids is 2. The predicted molar refractivity (Wildman–Crippen MR) is 191 cm³/mol. The largest absolute Gasteiger partial charge is 0.364 e. The number of rotatable bonds is 14. The summed E-state index contributed by atoms with van der Waals surface area (Å²) in [6.07, 6.45) is 18.3. The molecular formula is C36H55BN3O2S. The molecule has 0 bridgehead atoms. The molecule has 0 spiro atoms. The minimum absolute atomic E-state index is 0.0536. The Kier molecular flexibility index (Phi) is 25.7. The molecule has 2 aromatic heterocycles. The first kappa shape index (κ1) is 41.9. The van der Waals surface area contributed by atoms with Gasteiger partial charge in [-0.1, -0.05) is 111 Å². The van der Waals surface area contributed by atoms with Crippen molar-refractivity contribution < 1.29 is 9.59 Å². The number of H-pyrrole nitrogens is 1. The summed E-state index contributed by atoms with van der Waals surface area (Å²) in [7, 11) is 2.22. The molecule has 0 fully saturated rings. The average molecular weight is 605 g/mol. The molecule has 0 aliphatic rings. The fraction of sp³-hybridized carbons (Fsp3) is 0.500. The molecule has 43 heavy (non-hydrogen) atoms. The highest BCUT2D eigenvalue weighted by molar-refractivity contribution is 7.11. The zero-order valence-electron chi connectivity index (χ0n) is 28.5. The molecule has 7 heteroatoms. The minimum atomic E-state index is -0.110. The van der Waals surface area contributed by atoms with E-state index in [0.29, 0.717) is 16.2 Å². The van der Waals surface area contributed by atoms with Crippen LogP contribution in [0.3, 0.4) is 0 Å². The standard InChI is InChI=1S/C23H26N2O2S.C8H15BN.C3H8.C2H6/c1-6-8-10-18(16(4)26)12-20(17(5)27)23-25-22(14-28-23)21-13-24-15(3)19(21)11-9-7-2;1-3-5-9-6-8(4-2)7-10;1-3-2;1-2/h7,9-14,24H,2,6,8H2,1,3-5H3;8H,3-6H2,1-2H3;3H2,1-2H3;1-2H3/b11-9-,18-10+,20-12+;;;. The van der Waals surface area contributed by atoms with Gasteiger partial charge in [-0.15, -0.1) is 11.3 Å². The Morgan fingerprint density at radius 1 is 1.14 bits per heavy atom. The van der Waals surface area contributed by atoms with Crippen molar-refractivity contribution >= 4 is 41.8 Å². The third-order valence-electron chi connectivity index (χ3n) is 5.89. The van der Waals surface area contributed by atoms with Crippen molar-refractivity contribution in [3.05, 3.63) is 64.3 Å². The number of hydrogen-bond donors (Lipinski definition) is 1. The van der Waals surface area contributed by atoms with E-state index in [0.717, 1.165) is 54.4 Å². The Morgan fingerprint density at radius 2 is 1.79 bits per heavy atom. The first-order valence-electron chi connectivity index (χ1n) is 15.7. The lowest BCUT2D eigenvalue weighted by Crippen LogP contribution is -2.00. The highest BCUT2D eigenvalue weighted by Gasteiger charge is 2.17. The van der Waals surface area contributed by atoms with Crippen LogP contribution in [-0.4, -0.2) is 28.8 Å². The van der Waals surface area contributed by atoms with Gasteiger partial charge in [0.1, 0.15) is 12.3 Å². The number of nitrogens with zero attached hydrogens (tertiary/aromatic N) is 2. The number of aryl methyl sites for hydroxylation is 1. The van der Waals surface area contributed by atoms with E-state index in [1.807, 2.05) is 57.5 Å². The van der Waals surface area contributed by atoms with Crippen LogP contribution in [0.5, 0.6) is 0 Å². The van der Waals surface area contributed by atoms with Crippen molar-refractivity contribution in [2.75, 3.05) is 0 Å². The van der Waals surface area contributed by atoms with Crippen molar-refractivity contribution in [3.8, 4) is 17.3 Å². The van der Waals surface area contributed by atoms with Gasteiger partial charge in [0.25, 0.3) is 0 Å². The number of Topliss-reactive ketones (excluding diaryl/α,β-unsaturated/α-hetero) is 2. The van der Waals surface area contributed by atoms with Crippen LogP contribution in [0.15, 0.2) is 48.0 Å². The Morgan fingerprint density at radius 3 is 2.28 bits per heavy atom. The van der Waals surface area contributed by atoms with Gasteiger partial charge in [0, 0.05) is 39.9 Å². The molecule has 0 aromatic carbocycles. The second kappa shape index (κ2) is 26.4. The number of hydrogen-bond acceptors (Lipinski definition) is 5. The summed E-state index contributed by atoms with van der Waals surface area (Å²) in [4.78, 5) is 32.1. The number of nitrogens with one attached hydrogen (secondary N) is 1. The molecule has 2 aromatic rings. The van der Waals surface area contributed by atoms with Gasteiger partial charge >= 0.3 is 0 Å². The van der Waals surface area contributed by atoms with Crippen LogP contribution in [-0.2, 0) is 9.59 Å². The van der Waals surface area contributed by atoms with Crippen LogP contribution in [0.25, 0.3) is 22.9 Å². The fourth-order valence-corrected chi connectivity index (χ4v) is 4.44. The number of aromatic amines is 1. The molecule has 1 atom stereocenters. The summed E-state index contributed by atoms with van der Waals surface area (Å²) in [6.45, 7) is 23.3. The van der Waals surface area contributed by atoms with Crippen LogP contribution in [0, 0.1) is 24.2 Å². The zero-order valence-corrected chi connectivity index (χ0v) is 29.3. The Hall–Kier alpha value is -3.24. The van der Waals surface area contributed by atoms with Gasteiger partial charge < -0.3 is 4.98 Å². The SMILES string of the molecule is C=C/C=C\c1c(-c2csc(/C(=C/C(=C\CCC)C(C)=O)C(C)=O)n2)c[nH]c1C.CC.CCC.CCC[B]CC(C#N)CC. The highest BCUT2D eigenvalue weighted by Crippen LogP contribution is 2.31. The number of unbranched alkanes of at least 4 members (excludes halogenated alkanes) is 1. The Balaban J connectivity index is 0. The number of ketones is 2. The molecule has 0 saturated carbocycles. The van der Waals surface area contributed by atoms with E-state index in [9.17, 15) is 9.59 Å². The number of carbonyl (C=O) groups is 2.